The maximum atomic E-state index is 4.35. The number of rotatable bonds is 3. The van der Waals surface area contributed by atoms with Gasteiger partial charge in [-0.25, -0.2) is 9.97 Å². The largest absolute Gasteiger partial charge is 0.308 e. The van der Waals surface area contributed by atoms with E-state index in [1.807, 2.05) is 14.0 Å². The van der Waals surface area contributed by atoms with E-state index in [1.54, 1.807) is 24.8 Å². The highest BCUT2D eigenvalue weighted by molar-refractivity contribution is 5.21. The van der Waals surface area contributed by atoms with Crippen molar-refractivity contribution in [1.82, 2.24) is 25.3 Å². The van der Waals surface area contributed by atoms with Gasteiger partial charge in [0.15, 0.2) is 0 Å². The third kappa shape index (κ3) is 2.20. The molecule has 0 saturated heterocycles. The van der Waals surface area contributed by atoms with Crippen molar-refractivity contribution in [2.75, 3.05) is 7.05 Å². The molecule has 2 aromatic heterocycles. The number of aromatic nitrogens is 4. The lowest BCUT2D eigenvalue weighted by Crippen LogP contribution is -2.19. The maximum Gasteiger partial charge on any atom is 0.115 e. The molecule has 1 unspecified atom stereocenters. The van der Waals surface area contributed by atoms with E-state index in [2.05, 4.69) is 25.3 Å². The normalized spacial score (nSPS) is 12.4. The van der Waals surface area contributed by atoms with E-state index < -0.39 is 0 Å². The first-order valence-electron chi connectivity index (χ1n) is 5.02. The van der Waals surface area contributed by atoms with Gasteiger partial charge in [-0.3, -0.25) is 9.97 Å². The van der Waals surface area contributed by atoms with Crippen LogP contribution in [0.5, 0.6) is 0 Å². The van der Waals surface area contributed by atoms with Crippen LogP contribution in [0.3, 0.4) is 0 Å². The lowest BCUT2D eigenvalue weighted by atomic mass is 10.1. The van der Waals surface area contributed by atoms with Gasteiger partial charge in [0.1, 0.15) is 6.33 Å². The van der Waals surface area contributed by atoms with Crippen LogP contribution >= 0.6 is 0 Å². The van der Waals surface area contributed by atoms with Crippen molar-refractivity contribution < 1.29 is 0 Å². The third-order valence-electron chi connectivity index (χ3n) is 2.30. The van der Waals surface area contributed by atoms with Crippen molar-refractivity contribution >= 4 is 0 Å². The summed E-state index contributed by atoms with van der Waals surface area (Å²) >= 11 is 0. The minimum atomic E-state index is -0.0192. The van der Waals surface area contributed by atoms with E-state index in [4.69, 9.17) is 0 Å². The van der Waals surface area contributed by atoms with E-state index in [0.717, 1.165) is 17.0 Å². The van der Waals surface area contributed by atoms with Crippen LogP contribution in [-0.2, 0) is 0 Å². The molecule has 2 aromatic rings. The number of nitrogens with one attached hydrogen (secondary N) is 1. The molecule has 0 fully saturated rings. The van der Waals surface area contributed by atoms with E-state index in [-0.39, 0.29) is 6.04 Å². The lowest BCUT2D eigenvalue weighted by molar-refractivity contribution is 0.659. The first-order valence-corrected chi connectivity index (χ1v) is 5.02. The fourth-order valence-electron chi connectivity index (χ4n) is 1.50. The zero-order valence-electron chi connectivity index (χ0n) is 9.25. The van der Waals surface area contributed by atoms with Gasteiger partial charge in [0, 0.05) is 24.2 Å². The molecule has 1 N–H and O–H groups in total. The fourth-order valence-corrected chi connectivity index (χ4v) is 1.50. The first kappa shape index (κ1) is 10.6. The maximum absolute atomic E-state index is 4.35. The van der Waals surface area contributed by atoms with Crippen molar-refractivity contribution in [3.63, 3.8) is 0 Å². The topological polar surface area (TPSA) is 63.6 Å². The van der Waals surface area contributed by atoms with E-state index in [9.17, 15) is 0 Å². The van der Waals surface area contributed by atoms with Crippen LogP contribution < -0.4 is 5.32 Å². The minimum absolute atomic E-state index is 0.0192. The molecule has 2 rings (SSSR count). The Balaban J connectivity index is 2.33. The molecule has 0 spiro atoms. The summed E-state index contributed by atoms with van der Waals surface area (Å²) in [7, 11) is 1.87. The first-order chi connectivity index (χ1) is 7.81. The minimum Gasteiger partial charge on any atom is -0.308 e. The molecule has 0 aliphatic heterocycles. The van der Waals surface area contributed by atoms with Crippen LogP contribution in [0.25, 0.3) is 0 Å². The average Bonchev–Trinajstić information content (AvgIpc) is 2.34. The molecule has 16 heavy (non-hydrogen) atoms. The highest BCUT2D eigenvalue weighted by Gasteiger charge is 2.13. The fraction of sp³-hybridized carbons (Fsp3) is 0.273. The quantitative estimate of drug-likeness (QED) is 0.823. The molecule has 5 heteroatoms. The standard InChI is InChI=1S/C11H13N5/c1-8-3-16-10(6-15-8)11(12-2)9-4-13-7-14-5-9/h3-7,11-12H,1-2H3. The molecule has 0 bridgehead atoms. The third-order valence-corrected chi connectivity index (χ3v) is 2.30. The predicted molar refractivity (Wildman–Crippen MR) is 59.7 cm³/mol. The van der Waals surface area contributed by atoms with Crippen LogP contribution in [0, 0.1) is 6.92 Å². The van der Waals surface area contributed by atoms with E-state index >= 15 is 0 Å². The van der Waals surface area contributed by atoms with Gasteiger partial charge in [0.2, 0.25) is 0 Å². The number of hydrogen-bond acceptors (Lipinski definition) is 5. The summed E-state index contributed by atoms with van der Waals surface area (Å²) in [6.45, 7) is 1.91. The molecule has 2 heterocycles. The van der Waals surface area contributed by atoms with Gasteiger partial charge < -0.3 is 5.32 Å². The zero-order chi connectivity index (χ0) is 11.4. The Morgan fingerprint density at radius 3 is 2.38 bits per heavy atom. The Hall–Kier alpha value is -1.88. The molecular weight excluding hydrogens is 202 g/mol. The van der Waals surface area contributed by atoms with Gasteiger partial charge in [-0.15, -0.1) is 0 Å². The molecule has 5 nitrogen and oxygen atoms in total. The van der Waals surface area contributed by atoms with Crippen LogP contribution in [0.1, 0.15) is 23.0 Å². The Bertz CT molecular complexity index is 440. The van der Waals surface area contributed by atoms with Crippen LogP contribution in [-0.4, -0.2) is 27.0 Å². The van der Waals surface area contributed by atoms with E-state index in [1.165, 1.54) is 6.33 Å². The Labute approximate surface area is 94.0 Å². The zero-order valence-corrected chi connectivity index (χ0v) is 9.25. The van der Waals surface area contributed by atoms with Crippen molar-refractivity contribution in [3.8, 4) is 0 Å². The van der Waals surface area contributed by atoms with E-state index in [0.29, 0.717) is 0 Å². The number of nitrogens with zero attached hydrogens (tertiary/aromatic N) is 4. The van der Waals surface area contributed by atoms with Gasteiger partial charge in [-0.2, -0.15) is 0 Å². The van der Waals surface area contributed by atoms with Crippen LogP contribution in [0.4, 0.5) is 0 Å². The molecule has 0 aliphatic carbocycles. The summed E-state index contributed by atoms with van der Waals surface area (Å²) in [5.41, 5.74) is 2.74. The summed E-state index contributed by atoms with van der Waals surface area (Å²) in [4.78, 5) is 16.6. The van der Waals surface area contributed by atoms with Crippen molar-refractivity contribution in [2.45, 2.75) is 13.0 Å². The number of hydrogen-bond donors (Lipinski definition) is 1. The van der Waals surface area contributed by atoms with Crippen molar-refractivity contribution in [1.29, 1.82) is 0 Å². The molecule has 82 valence electrons. The van der Waals surface area contributed by atoms with Crippen LogP contribution in [0.15, 0.2) is 31.1 Å². The second-order valence-electron chi connectivity index (χ2n) is 3.48. The molecule has 0 aliphatic rings. The molecular formula is C11H13N5. The summed E-state index contributed by atoms with van der Waals surface area (Å²) < 4.78 is 0. The number of aryl methyl sites for hydroxylation is 1. The smallest absolute Gasteiger partial charge is 0.115 e. The Morgan fingerprint density at radius 2 is 1.81 bits per heavy atom. The van der Waals surface area contributed by atoms with Crippen molar-refractivity contribution in [2.24, 2.45) is 0 Å². The summed E-state index contributed by atoms with van der Waals surface area (Å²) in [6, 6.07) is -0.0192. The molecule has 0 radical (unpaired) electrons. The highest BCUT2D eigenvalue weighted by Crippen LogP contribution is 2.17. The Morgan fingerprint density at radius 1 is 1.06 bits per heavy atom. The van der Waals surface area contributed by atoms with Gasteiger partial charge >= 0.3 is 0 Å². The Kier molecular flexibility index (Phi) is 3.16. The average molecular weight is 215 g/mol. The monoisotopic (exact) mass is 215 g/mol. The van der Waals surface area contributed by atoms with Gasteiger partial charge in [0.25, 0.3) is 0 Å². The van der Waals surface area contributed by atoms with Crippen molar-refractivity contribution in [3.05, 3.63) is 48.1 Å². The second kappa shape index (κ2) is 4.76. The summed E-state index contributed by atoms with van der Waals surface area (Å²) in [5.74, 6) is 0. The molecule has 0 aromatic carbocycles. The summed E-state index contributed by atoms with van der Waals surface area (Å²) in [6.07, 6.45) is 8.58. The predicted octanol–water partition coefficient (Wildman–Crippen LogP) is 0.884. The van der Waals surface area contributed by atoms with Gasteiger partial charge in [-0.05, 0) is 14.0 Å². The second-order valence-corrected chi connectivity index (χ2v) is 3.48. The molecule has 0 saturated carbocycles. The van der Waals surface area contributed by atoms with Gasteiger partial charge in [-0.1, -0.05) is 0 Å². The highest BCUT2D eigenvalue weighted by atomic mass is 14.9. The summed E-state index contributed by atoms with van der Waals surface area (Å²) in [5, 5.41) is 3.17. The van der Waals surface area contributed by atoms with Crippen LogP contribution in [0.2, 0.25) is 0 Å². The van der Waals surface area contributed by atoms with Gasteiger partial charge in [0.05, 0.1) is 23.6 Å². The molecule has 0 amide bonds. The SMILES string of the molecule is CNC(c1cncnc1)c1cnc(C)cn1. The molecule has 1 atom stereocenters. The lowest BCUT2D eigenvalue weighted by Gasteiger charge is -2.14.